The van der Waals surface area contributed by atoms with Crippen LogP contribution in [-0.4, -0.2) is 28.7 Å². The third-order valence-electron chi connectivity index (χ3n) is 3.00. The van der Waals surface area contributed by atoms with Crippen LogP contribution in [0.4, 0.5) is 0 Å². The monoisotopic (exact) mass is 265 g/mol. The number of rotatable bonds is 2. The maximum absolute atomic E-state index is 11.7. The molecule has 1 N–H and O–H groups in total. The van der Waals surface area contributed by atoms with Crippen molar-refractivity contribution in [1.29, 1.82) is 0 Å². The van der Waals surface area contributed by atoms with E-state index in [9.17, 15) is 14.7 Å². The number of ketones is 1. The Morgan fingerprint density at radius 3 is 2.39 bits per heavy atom. The number of Topliss-reactive ketones (excluding diaryl/α,β-unsaturated/α-hetero) is 1. The van der Waals surface area contributed by atoms with Gasteiger partial charge in [-0.25, -0.2) is 0 Å². The zero-order valence-electron chi connectivity index (χ0n) is 9.98. The van der Waals surface area contributed by atoms with Crippen LogP contribution in [-0.2, 0) is 9.59 Å². The molecule has 1 heterocycles. The highest BCUT2D eigenvalue weighted by Crippen LogP contribution is 2.36. The summed E-state index contributed by atoms with van der Waals surface area (Å²) in [7, 11) is 1.55. The van der Waals surface area contributed by atoms with Crippen molar-refractivity contribution in [2.75, 3.05) is 7.05 Å². The third kappa shape index (κ3) is 1.88. The van der Waals surface area contributed by atoms with E-state index in [2.05, 4.69) is 0 Å². The van der Waals surface area contributed by atoms with Gasteiger partial charge in [0.15, 0.2) is 11.5 Å². The van der Waals surface area contributed by atoms with Crippen molar-refractivity contribution in [2.45, 2.75) is 13.0 Å². The number of aliphatic hydroxyl groups excluding tert-OH is 1. The molecule has 0 spiro atoms. The third-order valence-corrected chi connectivity index (χ3v) is 3.26. The summed E-state index contributed by atoms with van der Waals surface area (Å²) >= 11 is 5.80. The Morgan fingerprint density at radius 2 is 1.89 bits per heavy atom. The molecule has 1 aliphatic rings. The van der Waals surface area contributed by atoms with Crippen LogP contribution >= 0.6 is 11.6 Å². The first-order valence-corrected chi connectivity index (χ1v) is 5.78. The molecule has 1 aromatic rings. The molecular formula is C13H12ClNO3. The van der Waals surface area contributed by atoms with Crippen LogP contribution in [0.3, 0.4) is 0 Å². The van der Waals surface area contributed by atoms with Gasteiger partial charge in [0.1, 0.15) is 0 Å². The van der Waals surface area contributed by atoms with E-state index in [0.717, 1.165) is 5.56 Å². The highest BCUT2D eigenvalue weighted by molar-refractivity contribution is 6.30. The van der Waals surface area contributed by atoms with Crippen LogP contribution in [0.2, 0.25) is 5.02 Å². The molecule has 94 valence electrons. The second-order valence-electron chi connectivity index (χ2n) is 4.19. The molecule has 0 aromatic heterocycles. The molecule has 1 amide bonds. The molecule has 1 atom stereocenters. The van der Waals surface area contributed by atoms with Gasteiger partial charge in [0, 0.05) is 12.1 Å². The van der Waals surface area contributed by atoms with Gasteiger partial charge in [-0.05, 0) is 24.6 Å². The first-order valence-electron chi connectivity index (χ1n) is 5.40. The first kappa shape index (κ1) is 12.6. The molecule has 18 heavy (non-hydrogen) atoms. The Kier molecular flexibility index (Phi) is 3.13. The Bertz CT molecular complexity index is 548. The summed E-state index contributed by atoms with van der Waals surface area (Å²) < 4.78 is 0. The van der Waals surface area contributed by atoms with Crippen LogP contribution in [0.1, 0.15) is 18.5 Å². The van der Waals surface area contributed by atoms with E-state index < -0.39 is 17.7 Å². The highest BCUT2D eigenvalue weighted by Gasteiger charge is 2.40. The highest BCUT2D eigenvalue weighted by atomic mass is 35.5. The SMILES string of the molecule is CC(=O)C1=C(O)C(=O)N(C)[C@@H]1c1ccc(Cl)cc1. The lowest BCUT2D eigenvalue weighted by Crippen LogP contribution is -2.26. The van der Waals surface area contributed by atoms with E-state index in [0.29, 0.717) is 5.02 Å². The van der Waals surface area contributed by atoms with Gasteiger partial charge in [-0.2, -0.15) is 0 Å². The lowest BCUT2D eigenvalue weighted by atomic mass is 9.97. The Balaban J connectivity index is 2.52. The standard InChI is InChI=1S/C13H12ClNO3/c1-7(16)10-11(15(2)13(18)12(10)17)8-3-5-9(14)6-4-8/h3-6,11,17H,1-2H3/t11-/m1/s1. The first-order chi connectivity index (χ1) is 8.43. The fraction of sp³-hybridized carbons (Fsp3) is 0.231. The number of amides is 1. The van der Waals surface area contributed by atoms with Crippen molar-refractivity contribution < 1.29 is 14.7 Å². The second kappa shape index (κ2) is 4.46. The van der Waals surface area contributed by atoms with Crippen LogP contribution in [0.5, 0.6) is 0 Å². The Morgan fingerprint density at radius 1 is 1.33 bits per heavy atom. The van der Waals surface area contributed by atoms with Gasteiger partial charge in [-0.15, -0.1) is 0 Å². The van der Waals surface area contributed by atoms with E-state index in [1.807, 2.05) is 0 Å². The van der Waals surface area contributed by atoms with Gasteiger partial charge in [0.25, 0.3) is 5.91 Å². The summed E-state index contributed by atoms with van der Waals surface area (Å²) in [5.74, 6) is -1.32. The number of hydrogen-bond donors (Lipinski definition) is 1. The molecule has 4 nitrogen and oxygen atoms in total. The predicted octanol–water partition coefficient (Wildman–Crippen LogP) is 2.25. The van der Waals surface area contributed by atoms with Crippen LogP contribution < -0.4 is 0 Å². The molecule has 0 fully saturated rings. The van der Waals surface area contributed by atoms with Crippen molar-refractivity contribution in [1.82, 2.24) is 4.90 Å². The number of carbonyl (C=O) groups is 2. The molecule has 5 heteroatoms. The average molecular weight is 266 g/mol. The topological polar surface area (TPSA) is 57.6 Å². The normalized spacial score (nSPS) is 19.6. The maximum Gasteiger partial charge on any atom is 0.289 e. The zero-order valence-corrected chi connectivity index (χ0v) is 10.7. The minimum atomic E-state index is -0.549. The van der Waals surface area contributed by atoms with Crippen molar-refractivity contribution in [3.8, 4) is 0 Å². The second-order valence-corrected chi connectivity index (χ2v) is 4.63. The van der Waals surface area contributed by atoms with E-state index in [-0.39, 0.29) is 11.4 Å². The largest absolute Gasteiger partial charge is 0.503 e. The summed E-state index contributed by atoms with van der Waals surface area (Å²) in [6, 6.07) is 6.29. The van der Waals surface area contributed by atoms with Gasteiger partial charge in [-0.3, -0.25) is 9.59 Å². The molecule has 0 radical (unpaired) electrons. The van der Waals surface area contributed by atoms with Gasteiger partial charge in [0.2, 0.25) is 0 Å². The number of halogens is 1. The van der Waals surface area contributed by atoms with E-state index in [1.165, 1.54) is 11.8 Å². The summed E-state index contributed by atoms with van der Waals surface area (Å²) in [6.07, 6.45) is 0. The van der Waals surface area contributed by atoms with Gasteiger partial charge in [-0.1, -0.05) is 23.7 Å². The van der Waals surface area contributed by atoms with Gasteiger partial charge < -0.3 is 10.0 Å². The van der Waals surface area contributed by atoms with Gasteiger partial charge >= 0.3 is 0 Å². The average Bonchev–Trinajstić information content (AvgIpc) is 2.55. The predicted molar refractivity (Wildman–Crippen MR) is 67.3 cm³/mol. The van der Waals surface area contributed by atoms with Crippen LogP contribution in [0, 0.1) is 0 Å². The van der Waals surface area contributed by atoms with Crippen molar-refractivity contribution >= 4 is 23.3 Å². The van der Waals surface area contributed by atoms with E-state index >= 15 is 0 Å². The van der Waals surface area contributed by atoms with Crippen molar-refractivity contribution in [3.63, 3.8) is 0 Å². The number of hydrogen-bond acceptors (Lipinski definition) is 3. The molecule has 0 saturated carbocycles. The summed E-state index contributed by atoms with van der Waals surface area (Å²) in [5.41, 5.74) is 0.870. The number of benzene rings is 1. The fourth-order valence-corrected chi connectivity index (χ4v) is 2.24. The van der Waals surface area contributed by atoms with E-state index in [1.54, 1.807) is 31.3 Å². The number of likely N-dealkylation sites (N-methyl/N-ethyl adjacent to an activating group) is 1. The van der Waals surface area contributed by atoms with Crippen LogP contribution in [0.15, 0.2) is 35.6 Å². The van der Waals surface area contributed by atoms with Crippen molar-refractivity contribution in [2.24, 2.45) is 0 Å². The number of nitrogens with zero attached hydrogens (tertiary/aromatic N) is 1. The Hall–Kier alpha value is -1.81. The van der Waals surface area contributed by atoms with E-state index in [4.69, 9.17) is 11.6 Å². The van der Waals surface area contributed by atoms with Gasteiger partial charge in [0.05, 0.1) is 11.6 Å². The number of carbonyl (C=O) groups excluding carboxylic acids is 2. The zero-order chi connectivity index (χ0) is 13.4. The summed E-state index contributed by atoms with van der Waals surface area (Å²) in [6.45, 7) is 1.33. The molecule has 1 aromatic carbocycles. The quantitative estimate of drug-likeness (QED) is 0.892. The summed E-state index contributed by atoms with van der Waals surface area (Å²) in [5, 5.41) is 10.3. The lowest BCUT2D eigenvalue weighted by molar-refractivity contribution is -0.128. The molecule has 0 bridgehead atoms. The molecule has 0 aliphatic carbocycles. The fourth-order valence-electron chi connectivity index (χ4n) is 2.12. The molecule has 0 unspecified atom stereocenters. The minimum absolute atomic E-state index is 0.129. The molecule has 0 saturated heterocycles. The number of aliphatic hydroxyl groups is 1. The molecule has 1 aliphatic heterocycles. The molecule has 2 rings (SSSR count). The maximum atomic E-state index is 11.7. The lowest BCUT2D eigenvalue weighted by Gasteiger charge is -2.22. The summed E-state index contributed by atoms with van der Waals surface area (Å²) in [4.78, 5) is 24.6. The Labute approximate surface area is 109 Å². The molecular weight excluding hydrogens is 254 g/mol. The van der Waals surface area contributed by atoms with Crippen molar-refractivity contribution in [3.05, 3.63) is 46.2 Å². The van der Waals surface area contributed by atoms with Crippen LogP contribution in [0.25, 0.3) is 0 Å². The minimum Gasteiger partial charge on any atom is -0.503 e. The smallest absolute Gasteiger partial charge is 0.289 e.